The van der Waals surface area contributed by atoms with Crippen molar-refractivity contribution >= 4 is 28.8 Å². The average Bonchev–Trinajstić information content (AvgIpc) is 2.65. The Labute approximate surface area is 99.6 Å². The van der Waals surface area contributed by atoms with Gasteiger partial charge in [0.05, 0.1) is 6.04 Å². The maximum absolute atomic E-state index is 11.5. The summed E-state index contributed by atoms with van der Waals surface area (Å²) in [6.07, 6.45) is 0. The van der Waals surface area contributed by atoms with Gasteiger partial charge in [-0.05, 0) is 24.3 Å². The predicted octanol–water partition coefficient (Wildman–Crippen LogP) is 3.19. The molecule has 0 aliphatic heterocycles. The molecule has 0 saturated carbocycles. The molecule has 2 nitrogen and oxygen atoms in total. The Morgan fingerprint density at radius 2 is 2.13 bits per heavy atom. The molecule has 15 heavy (non-hydrogen) atoms. The molecule has 1 rings (SSSR count). The summed E-state index contributed by atoms with van der Waals surface area (Å²) in [5.41, 5.74) is 0. The number of halogens is 1. The lowest BCUT2D eigenvalue weighted by Crippen LogP contribution is -2.35. The van der Waals surface area contributed by atoms with Gasteiger partial charge in [-0.3, -0.25) is 4.79 Å². The van der Waals surface area contributed by atoms with E-state index >= 15 is 0 Å². The van der Waals surface area contributed by atoms with Crippen molar-refractivity contribution < 1.29 is 4.79 Å². The van der Waals surface area contributed by atoms with Crippen LogP contribution in [-0.4, -0.2) is 11.3 Å². The summed E-state index contributed by atoms with van der Waals surface area (Å²) < 4.78 is 0. The van der Waals surface area contributed by atoms with Gasteiger partial charge in [0.2, 0.25) is 5.91 Å². The van der Waals surface area contributed by atoms with E-state index in [-0.39, 0.29) is 11.9 Å². The molecule has 2 atom stereocenters. The lowest BCUT2D eigenvalue weighted by molar-refractivity contribution is -0.121. The molecule has 0 aliphatic rings. The van der Waals surface area contributed by atoms with E-state index in [9.17, 15) is 4.79 Å². The van der Waals surface area contributed by atoms with Crippen LogP contribution in [0.2, 0.25) is 0 Å². The molecule has 1 N–H and O–H groups in total. The molecular formula is C11H16ClNOS. The Morgan fingerprint density at radius 3 is 2.53 bits per heavy atom. The fourth-order valence-corrected chi connectivity index (χ4v) is 2.31. The Balaban J connectivity index is 2.72. The van der Waals surface area contributed by atoms with E-state index in [4.69, 9.17) is 11.6 Å². The third-order valence-electron chi connectivity index (χ3n) is 2.18. The molecule has 0 bridgehead atoms. The van der Waals surface area contributed by atoms with Crippen molar-refractivity contribution in [3.05, 3.63) is 22.4 Å². The van der Waals surface area contributed by atoms with Crippen LogP contribution < -0.4 is 5.32 Å². The molecule has 1 aromatic heterocycles. The molecule has 0 radical (unpaired) electrons. The van der Waals surface area contributed by atoms with Crippen molar-refractivity contribution in [1.82, 2.24) is 5.32 Å². The van der Waals surface area contributed by atoms with Crippen LogP contribution in [0.25, 0.3) is 0 Å². The molecule has 0 spiro atoms. The SMILES string of the molecule is CC(Cl)C(=O)NC(c1cccs1)C(C)C. The third kappa shape index (κ3) is 3.50. The van der Waals surface area contributed by atoms with Gasteiger partial charge in [0.15, 0.2) is 0 Å². The van der Waals surface area contributed by atoms with Crippen LogP contribution in [0.4, 0.5) is 0 Å². The maximum atomic E-state index is 11.5. The van der Waals surface area contributed by atoms with Crippen molar-refractivity contribution in [3.8, 4) is 0 Å². The average molecular weight is 246 g/mol. The summed E-state index contributed by atoms with van der Waals surface area (Å²) in [5.74, 6) is 0.256. The van der Waals surface area contributed by atoms with Crippen molar-refractivity contribution in [2.75, 3.05) is 0 Å². The monoisotopic (exact) mass is 245 g/mol. The van der Waals surface area contributed by atoms with Crippen LogP contribution in [0, 0.1) is 5.92 Å². The van der Waals surface area contributed by atoms with Gasteiger partial charge in [0.1, 0.15) is 5.38 Å². The van der Waals surface area contributed by atoms with Gasteiger partial charge in [-0.15, -0.1) is 22.9 Å². The zero-order valence-corrected chi connectivity index (χ0v) is 10.7. The second-order valence-electron chi connectivity index (χ2n) is 3.86. The van der Waals surface area contributed by atoms with Crippen molar-refractivity contribution in [1.29, 1.82) is 0 Å². The Hall–Kier alpha value is -0.540. The van der Waals surface area contributed by atoms with E-state index in [0.29, 0.717) is 5.92 Å². The molecule has 0 aliphatic carbocycles. The minimum absolute atomic E-state index is 0.0682. The highest BCUT2D eigenvalue weighted by Crippen LogP contribution is 2.25. The molecule has 2 unspecified atom stereocenters. The van der Waals surface area contributed by atoms with E-state index in [1.165, 1.54) is 4.88 Å². The van der Waals surface area contributed by atoms with Crippen molar-refractivity contribution in [2.24, 2.45) is 5.92 Å². The van der Waals surface area contributed by atoms with Gasteiger partial charge in [-0.2, -0.15) is 0 Å². The number of amides is 1. The maximum Gasteiger partial charge on any atom is 0.238 e. The summed E-state index contributed by atoms with van der Waals surface area (Å²) in [7, 11) is 0. The number of carbonyl (C=O) groups excluding carboxylic acids is 1. The van der Waals surface area contributed by atoms with Crippen LogP contribution in [-0.2, 0) is 4.79 Å². The fraction of sp³-hybridized carbons (Fsp3) is 0.545. The minimum atomic E-state index is -0.480. The van der Waals surface area contributed by atoms with E-state index < -0.39 is 5.38 Å². The minimum Gasteiger partial charge on any atom is -0.347 e. The zero-order chi connectivity index (χ0) is 11.4. The molecule has 1 heterocycles. The zero-order valence-electron chi connectivity index (χ0n) is 9.16. The van der Waals surface area contributed by atoms with E-state index in [0.717, 1.165) is 0 Å². The van der Waals surface area contributed by atoms with E-state index in [1.54, 1.807) is 18.3 Å². The molecule has 0 aromatic carbocycles. The van der Waals surface area contributed by atoms with Gasteiger partial charge in [-0.25, -0.2) is 0 Å². The van der Waals surface area contributed by atoms with Crippen LogP contribution in [0.5, 0.6) is 0 Å². The second-order valence-corrected chi connectivity index (χ2v) is 5.50. The van der Waals surface area contributed by atoms with Gasteiger partial charge in [0.25, 0.3) is 0 Å². The number of carbonyl (C=O) groups is 1. The first-order valence-corrected chi connectivity index (χ1v) is 6.32. The standard InChI is InChI=1S/C11H16ClNOS/c1-7(2)10(9-5-4-6-15-9)13-11(14)8(3)12/h4-8,10H,1-3H3,(H,13,14). The van der Waals surface area contributed by atoms with Crippen LogP contribution >= 0.6 is 22.9 Å². The molecule has 0 fully saturated rings. The number of alkyl halides is 1. The van der Waals surface area contributed by atoms with E-state index in [1.807, 2.05) is 17.5 Å². The first kappa shape index (κ1) is 12.5. The topological polar surface area (TPSA) is 29.1 Å². The highest BCUT2D eigenvalue weighted by Gasteiger charge is 2.20. The Morgan fingerprint density at radius 1 is 1.47 bits per heavy atom. The molecule has 1 aromatic rings. The summed E-state index contributed by atoms with van der Waals surface area (Å²) in [5, 5.41) is 4.49. The van der Waals surface area contributed by atoms with Gasteiger partial charge in [0, 0.05) is 4.88 Å². The quantitative estimate of drug-likeness (QED) is 0.811. The van der Waals surface area contributed by atoms with Gasteiger partial charge < -0.3 is 5.32 Å². The number of thiophene rings is 1. The van der Waals surface area contributed by atoms with Gasteiger partial charge >= 0.3 is 0 Å². The summed E-state index contributed by atoms with van der Waals surface area (Å²) in [6, 6.07) is 4.10. The second kappa shape index (κ2) is 5.52. The first-order chi connectivity index (χ1) is 7.02. The van der Waals surface area contributed by atoms with Crippen LogP contribution in [0.15, 0.2) is 17.5 Å². The lowest BCUT2D eigenvalue weighted by atomic mass is 10.0. The fourth-order valence-electron chi connectivity index (χ4n) is 1.30. The van der Waals surface area contributed by atoms with Crippen LogP contribution in [0.1, 0.15) is 31.7 Å². The number of hydrogen-bond donors (Lipinski definition) is 1. The van der Waals surface area contributed by atoms with Gasteiger partial charge in [-0.1, -0.05) is 19.9 Å². The number of rotatable bonds is 4. The third-order valence-corrected chi connectivity index (χ3v) is 3.33. The first-order valence-electron chi connectivity index (χ1n) is 5.00. The van der Waals surface area contributed by atoms with Crippen molar-refractivity contribution in [2.45, 2.75) is 32.2 Å². The largest absolute Gasteiger partial charge is 0.347 e. The Bertz CT molecular complexity index is 308. The summed E-state index contributed by atoms with van der Waals surface area (Å²) in [6.45, 7) is 5.86. The summed E-state index contributed by atoms with van der Waals surface area (Å²) in [4.78, 5) is 12.7. The number of hydrogen-bond acceptors (Lipinski definition) is 2. The highest BCUT2D eigenvalue weighted by molar-refractivity contribution is 7.10. The molecule has 1 amide bonds. The molecule has 4 heteroatoms. The predicted molar refractivity (Wildman–Crippen MR) is 65.4 cm³/mol. The van der Waals surface area contributed by atoms with Crippen LogP contribution in [0.3, 0.4) is 0 Å². The van der Waals surface area contributed by atoms with Crippen molar-refractivity contribution in [3.63, 3.8) is 0 Å². The highest BCUT2D eigenvalue weighted by atomic mass is 35.5. The number of nitrogens with one attached hydrogen (secondary N) is 1. The molecule has 84 valence electrons. The Kier molecular flexibility index (Phi) is 4.61. The lowest BCUT2D eigenvalue weighted by Gasteiger charge is -2.21. The smallest absolute Gasteiger partial charge is 0.238 e. The normalized spacial score (nSPS) is 15.0. The van der Waals surface area contributed by atoms with E-state index in [2.05, 4.69) is 19.2 Å². The summed E-state index contributed by atoms with van der Waals surface area (Å²) >= 11 is 7.39. The molecule has 0 saturated heterocycles. The molecular weight excluding hydrogens is 230 g/mol.